The van der Waals surface area contributed by atoms with Crippen LogP contribution in [0.25, 0.3) is 0 Å². The fourth-order valence-corrected chi connectivity index (χ4v) is 1.93. The topological polar surface area (TPSA) is 54.9 Å². The summed E-state index contributed by atoms with van der Waals surface area (Å²) >= 11 is 0. The smallest absolute Gasteiger partial charge is 0.191 e. The molecule has 0 aliphatic heterocycles. The van der Waals surface area contributed by atoms with E-state index in [9.17, 15) is 0 Å². The molecule has 6 heteroatoms. The zero-order chi connectivity index (χ0) is 14.5. The van der Waals surface area contributed by atoms with Crippen molar-refractivity contribution in [3.63, 3.8) is 0 Å². The number of ether oxygens (including phenoxy) is 2. The van der Waals surface area contributed by atoms with Crippen molar-refractivity contribution in [2.24, 2.45) is 4.99 Å². The first-order valence-electron chi connectivity index (χ1n) is 7.64. The van der Waals surface area contributed by atoms with Crippen LogP contribution in [0.2, 0.25) is 0 Å². The predicted octanol–water partition coefficient (Wildman–Crippen LogP) is 2.32. The summed E-state index contributed by atoms with van der Waals surface area (Å²) in [5.74, 6) is 0.849. The molecule has 0 heterocycles. The minimum absolute atomic E-state index is 0. The monoisotopic (exact) mass is 411 g/mol. The lowest BCUT2D eigenvalue weighted by molar-refractivity contribution is 0.0487. The van der Waals surface area contributed by atoms with Crippen LogP contribution in [-0.2, 0) is 9.47 Å². The van der Waals surface area contributed by atoms with Gasteiger partial charge in [0.1, 0.15) is 0 Å². The second-order valence-corrected chi connectivity index (χ2v) is 4.86. The third-order valence-electron chi connectivity index (χ3n) is 3.13. The fraction of sp³-hybridized carbons (Fsp3) is 0.800. The number of rotatable bonds is 10. The molecule has 0 amide bonds. The van der Waals surface area contributed by atoms with E-state index in [-0.39, 0.29) is 24.0 Å². The molecular formula is C15H30IN3O2. The molecule has 0 spiro atoms. The summed E-state index contributed by atoms with van der Waals surface area (Å²) in [5, 5.41) is 6.64. The van der Waals surface area contributed by atoms with E-state index in [1.165, 1.54) is 6.42 Å². The Bertz CT molecular complexity index is 291. The van der Waals surface area contributed by atoms with Crippen molar-refractivity contribution < 1.29 is 9.47 Å². The van der Waals surface area contributed by atoms with E-state index < -0.39 is 0 Å². The molecule has 1 aliphatic rings. The summed E-state index contributed by atoms with van der Waals surface area (Å²) in [6.45, 7) is 5.76. The molecule has 5 nitrogen and oxygen atoms in total. The maximum atomic E-state index is 5.50. The molecule has 124 valence electrons. The van der Waals surface area contributed by atoms with Crippen LogP contribution in [0, 0.1) is 0 Å². The lowest BCUT2D eigenvalue weighted by Gasteiger charge is -2.16. The zero-order valence-corrected chi connectivity index (χ0v) is 15.6. The molecule has 0 unspecified atom stereocenters. The number of hydrogen-bond acceptors (Lipinski definition) is 3. The van der Waals surface area contributed by atoms with Crippen LogP contribution in [0.3, 0.4) is 0 Å². The highest BCUT2D eigenvalue weighted by atomic mass is 127. The van der Waals surface area contributed by atoms with E-state index in [1.54, 1.807) is 7.05 Å². The average Bonchev–Trinajstić information content (AvgIpc) is 2.97. The third kappa shape index (κ3) is 11.0. The maximum absolute atomic E-state index is 5.50. The van der Waals surface area contributed by atoms with E-state index >= 15 is 0 Å². The van der Waals surface area contributed by atoms with Crippen molar-refractivity contribution in [1.29, 1.82) is 0 Å². The Kier molecular flexibility index (Phi) is 14.4. The average molecular weight is 411 g/mol. The van der Waals surface area contributed by atoms with Crippen molar-refractivity contribution >= 4 is 29.9 Å². The number of nitrogens with one attached hydrogen (secondary N) is 2. The molecule has 2 N–H and O–H groups in total. The molecule has 21 heavy (non-hydrogen) atoms. The zero-order valence-electron chi connectivity index (χ0n) is 13.3. The van der Waals surface area contributed by atoms with Crippen LogP contribution in [0.4, 0.5) is 0 Å². The van der Waals surface area contributed by atoms with E-state index in [2.05, 4.69) is 34.7 Å². The molecule has 1 rings (SSSR count). The van der Waals surface area contributed by atoms with Crippen LogP contribution < -0.4 is 10.6 Å². The predicted molar refractivity (Wildman–Crippen MR) is 98.6 cm³/mol. The van der Waals surface area contributed by atoms with Crippen molar-refractivity contribution in [3.05, 3.63) is 12.2 Å². The van der Waals surface area contributed by atoms with Crippen LogP contribution in [0.1, 0.15) is 32.6 Å². The number of halogens is 1. The maximum Gasteiger partial charge on any atom is 0.191 e. The van der Waals surface area contributed by atoms with Crippen molar-refractivity contribution in [1.82, 2.24) is 10.6 Å². The van der Waals surface area contributed by atoms with Crippen LogP contribution in [-0.4, -0.2) is 52.0 Å². The normalized spacial score (nSPS) is 15.0. The molecular weight excluding hydrogens is 381 g/mol. The lowest BCUT2D eigenvalue weighted by Crippen LogP contribution is -2.43. The first kappa shape index (κ1) is 20.7. The second kappa shape index (κ2) is 14.6. The van der Waals surface area contributed by atoms with Gasteiger partial charge in [-0.1, -0.05) is 25.5 Å². The SMILES string of the molecule is CCCCOCCOCCNC(=NC)NC1CC=CC1.I. The lowest BCUT2D eigenvalue weighted by atomic mass is 10.2. The molecule has 1 aliphatic carbocycles. The summed E-state index contributed by atoms with van der Waals surface area (Å²) in [7, 11) is 1.79. The Balaban J connectivity index is 0.00000400. The molecule has 0 atom stereocenters. The second-order valence-electron chi connectivity index (χ2n) is 4.86. The summed E-state index contributed by atoms with van der Waals surface area (Å²) < 4.78 is 10.9. The van der Waals surface area contributed by atoms with Gasteiger partial charge in [0.2, 0.25) is 0 Å². The van der Waals surface area contributed by atoms with Gasteiger partial charge in [-0.2, -0.15) is 0 Å². The molecule has 0 bridgehead atoms. The quantitative estimate of drug-likeness (QED) is 0.191. The highest BCUT2D eigenvalue weighted by molar-refractivity contribution is 14.0. The molecule has 0 aromatic rings. The Morgan fingerprint density at radius 1 is 1.14 bits per heavy atom. The van der Waals surface area contributed by atoms with Gasteiger partial charge < -0.3 is 20.1 Å². The van der Waals surface area contributed by atoms with Gasteiger partial charge in [0.15, 0.2) is 5.96 Å². The molecule has 0 saturated carbocycles. The molecule has 0 aromatic carbocycles. The van der Waals surface area contributed by atoms with Crippen molar-refractivity contribution in [2.75, 3.05) is 40.0 Å². The highest BCUT2D eigenvalue weighted by Crippen LogP contribution is 2.08. The van der Waals surface area contributed by atoms with E-state index in [0.717, 1.165) is 38.4 Å². The van der Waals surface area contributed by atoms with E-state index in [0.29, 0.717) is 25.9 Å². The number of aliphatic imine (C=N–C) groups is 1. The standard InChI is InChI=1S/C15H29N3O2.HI/c1-3-4-10-19-12-13-20-11-9-17-15(16-2)18-14-7-5-6-8-14;/h5-6,14H,3-4,7-13H2,1-2H3,(H2,16,17,18);1H. The Labute approximate surface area is 146 Å². The first-order valence-corrected chi connectivity index (χ1v) is 7.64. The van der Waals surface area contributed by atoms with Gasteiger partial charge >= 0.3 is 0 Å². The summed E-state index contributed by atoms with van der Waals surface area (Å²) in [6, 6.07) is 0.481. The van der Waals surface area contributed by atoms with Crippen molar-refractivity contribution in [3.8, 4) is 0 Å². The van der Waals surface area contributed by atoms with Gasteiger partial charge in [0, 0.05) is 26.2 Å². The Morgan fingerprint density at radius 3 is 2.43 bits per heavy atom. The van der Waals surface area contributed by atoms with Crippen molar-refractivity contribution in [2.45, 2.75) is 38.6 Å². The van der Waals surface area contributed by atoms with Gasteiger partial charge in [-0.25, -0.2) is 0 Å². The van der Waals surface area contributed by atoms with Gasteiger partial charge in [0.25, 0.3) is 0 Å². The Morgan fingerprint density at radius 2 is 1.81 bits per heavy atom. The number of nitrogens with zero attached hydrogens (tertiary/aromatic N) is 1. The van der Waals surface area contributed by atoms with Crippen LogP contribution >= 0.6 is 24.0 Å². The number of guanidine groups is 1. The largest absolute Gasteiger partial charge is 0.379 e. The third-order valence-corrected chi connectivity index (χ3v) is 3.13. The number of hydrogen-bond donors (Lipinski definition) is 2. The molecule has 0 fully saturated rings. The van der Waals surface area contributed by atoms with Gasteiger partial charge in [-0.3, -0.25) is 4.99 Å². The van der Waals surface area contributed by atoms with Gasteiger partial charge in [0.05, 0.1) is 19.8 Å². The van der Waals surface area contributed by atoms with Gasteiger partial charge in [-0.15, -0.1) is 24.0 Å². The summed E-state index contributed by atoms with van der Waals surface area (Å²) in [5.41, 5.74) is 0. The van der Waals surface area contributed by atoms with E-state index in [4.69, 9.17) is 9.47 Å². The summed E-state index contributed by atoms with van der Waals surface area (Å²) in [4.78, 5) is 4.21. The minimum Gasteiger partial charge on any atom is -0.379 e. The molecule has 0 aromatic heterocycles. The fourth-order valence-electron chi connectivity index (χ4n) is 1.93. The molecule has 0 saturated heterocycles. The van der Waals surface area contributed by atoms with Crippen LogP contribution in [0.5, 0.6) is 0 Å². The minimum atomic E-state index is 0. The van der Waals surface area contributed by atoms with Crippen LogP contribution in [0.15, 0.2) is 17.1 Å². The molecule has 0 radical (unpaired) electrons. The van der Waals surface area contributed by atoms with E-state index in [1.807, 2.05) is 0 Å². The number of unbranched alkanes of at least 4 members (excludes halogenated alkanes) is 1. The van der Waals surface area contributed by atoms with Gasteiger partial charge in [-0.05, 0) is 19.3 Å². The highest BCUT2D eigenvalue weighted by Gasteiger charge is 2.10. The summed E-state index contributed by atoms with van der Waals surface area (Å²) in [6.07, 6.45) is 8.85. The Hall–Kier alpha value is -0.340. The first-order chi connectivity index (χ1) is 9.86.